The van der Waals surface area contributed by atoms with Crippen LogP contribution in [0.25, 0.3) is 0 Å². The maximum atomic E-state index is 7.31. The van der Waals surface area contributed by atoms with Gasteiger partial charge in [-0.05, 0) is 38.8 Å². The molecule has 1 heterocycles. The molecule has 1 aliphatic carbocycles. The van der Waals surface area contributed by atoms with E-state index in [1.165, 1.54) is 51.6 Å². The lowest BCUT2D eigenvalue weighted by atomic mass is 9.90. The molecule has 70 valence electrons. The molecule has 2 rings (SSSR count). The Hall–Kier alpha value is -0.0800. The molecule has 0 radical (unpaired) electrons. The van der Waals surface area contributed by atoms with Gasteiger partial charge in [0.15, 0.2) is 0 Å². The largest absolute Gasteiger partial charge is 0.326 e. The third kappa shape index (κ3) is 1.64. The third-order valence-electron chi connectivity index (χ3n) is 3.34. The predicted octanol–water partition coefficient (Wildman–Crippen LogP) is 1.35. The summed E-state index contributed by atoms with van der Waals surface area (Å²) in [7, 11) is 0. The van der Waals surface area contributed by atoms with Gasteiger partial charge in [0.1, 0.15) is 1.41 Å². The molecule has 0 aromatic heterocycles. The summed E-state index contributed by atoms with van der Waals surface area (Å²) >= 11 is 0. The Morgan fingerprint density at radius 1 is 1.08 bits per heavy atom. The van der Waals surface area contributed by atoms with Crippen molar-refractivity contribution >= 4 is 0 Å². The average molecular weight is 169 g/mol. The molecule has 2 nitrogen and oxygen atoms in total. The number of rotatable bonds is 2. The molecule has 0 aromatic carbocycles. The number of hydrogen-bond donors (Lipinski definition) is 1. The third-order valence-corrected chi connectivity index (χ3v) is 3.34. The highest BCUT2D eigenvalue weighted by Crippen LogP contribution is 2.24. The van der Waals surface area contributed by atoms with Crippen LogP contribution in [0.5, 0.6) is 0 Å². The van der Waals surface area contributed by atoms with E-state index in [1.807, 2.05) is 0 Å². The molecule has 12 heavy (non-hydrogen) atoms. The standard InChI is InChI=1S/C10H20N2/c11-9-5-1-2-6-10(9)12-7-3-4-8-12/h9-10H,1-8,11H2/t9-,10+/m1/s1/i/hD. The highest BCUT2D eigenvalue weighted by Gasteiger charge is 2.28. The van der Waals surface area contributed by atoms with Crippen LogP contribution in [0, 0.1) is 0 Å². The quantitative estimate of drug-likeness (QED) is 0.676. The second-order valence-corrected chi connectivity index (χ2v) is 4.20. The Morgan fingerprint density at radius 3 is 2.58 bits per heavy atom. The van der Waals surface area contributed by atoms with E-state index in [0.717, 1.165) is 0 Å². The van der Waals surface area contributed by atoms with Crippen molar-refractivity contribution in [3.05, 3.63) is 0 Å². The van der Waals surface area contributed by atoms with Gasteiger partial charge in [-0.25, -0.2) is 0 Å². The fourth-order valence-electron chi connectivity index (χ4n) is 2.62. The van der Waals surface area contributed by atoms with Crippen molar-refractivity contribution in [2.45, 2.75) is 50.6 Å². The van der Waals surface area contributed by atoms with E-state index < -0.39 is 0 Å². The van der Waals surface area contributed by atoms with Crippen LogP contribution in [0.2, 0.25) is 1.41 Å². The fourth-order valence-corrected chi connectivity index (χ4v) is 2.62. The van der Waals surface area contributed by atoms with E-state index in [9.17, 15) is 0 Å². The highest BCUT2D eigenvalue weighted by molar-refractivity contribution is 4.87. The Labute approximate surface area is 76.6 Å². The molecular formula is C10H20N2. The van der Waals surface area contributed by atoms with Gasteiger partial charge in [0.2, 0.25) is 0 Å². The molecule has 2 heteroatoms. The molecule has 1 saturated carbocycles. The highest BCUT2D eigenvalue weighted by atomic mass is 15.2. The molecule has 1 saturated heterocycles. The summed E-state index contributed by atoms with van der Waals surface area (Å²) in [4.78, 5) is 2.59. The average Bonchev–Trinajstić information content (AvgIpc) is 2.70. The molecule has 0 aromatic rings. The first-order chi connectivity index (χ1) is 6.42. The van der Waals surface area contributed by atoms with E-state index in [4.69, 9.17) is 1.41 Å². The van der Waals surface area contributed by atoms with E-state index in [-0.39, 0.29) is 0 Å². The number of likely N-dealkylation sites (tertiary alicyclic amines) is 1. The van der Waals surface area contributed by atoms with Crippen molar-refractivity contribution in [1.82, 2.24) is 4.90 Å². The van der Waals surface area contributed by atoms with Crippen LogP contribution in [0.3, 0.4) is 0 Å². The maximum Gasteiger partial charge on any atom is 0.119 e. The van der Waals surface area contributed by atoms with Crippen LogP contribution in [0.1, 0.15) is 38.5 Å². The summed E-state index contributed by atoms with van der Waals surface area (Å²) in [5, 5.41) is 0. The number of nitrogens with two attached hydrogens (primary N) is 1. The van der Waals surface area contributed by atoms with Gasteiger partial charge in [0, 0.05) is 12.1 Å². The van der Waals surface area contributed by atoms with Gasteiger partial charge in [-0.2, -0.15) is 0 Å². The Balaban J connectivity index is 1.93. The van der Waals surface area contributed by atoms with Crippen molar-refractivity contribution < 1.29 is 1.41 Å². The molecule has 0 amide bonds. The lowest BCUT2D eigenvalue weighted by molar-refractivity contribution is 0.168. The first-order valence-corrected chi connectivity index (χ1v) is 5.33. The molecule has 2 fully saturated rings. The molecule has 0 bridgehead atoms. The lowest BCUT2D eigenvalue weighted by Crippen LogP contribution is -2.48. The molecule has 2 atom stereocenters. The number of hydrogen-bond acceptors (Lipinski definition) is 2. The lowest BCUT2D eigenvalue weighted by Gasteiger charge is -2.35. The summed E-state index contributed by atoms with van der Waals surface area (Å²) in [5.41, 5.74) is 2.74. The summed E-state index contributed by atoms with van der Waals surface area (Å²) in [6, 6.07) is 1.10. The zero-order valence-corrected chi connectivity index (χ0v) is 7.76. The Bertz CT molecular complexity index is 155. The first kappa shape index (κ1) is 7.34. The zero-order valence-electron chi connectivity index (χ0n) is 8.76. The normalized spacial score (nSPS) is 39.8. The SMILES string of the molecule is [2H]N[C@@H]1CCCC[C@@H]1N1CCCC1. The van der Waals surface area contributed by atoms with Crippen LogP contribution < -0.4 is 5.73 Å². The number of nitrogens with zero attached hydrogens (tertiary/aromatic N) is 1. The second kappa shape index (κ2) is 3.75. The van der Waals surface area contributed by atoms with Crippen LogP contribution in [-0.4, -0.2) is 30.1 Å². The minimum Gasteiger partial charge on any atom is -0.326 e. The topological polar surface area (TPSA) is 29.3 Å². The van der Waals surface area contributed by atoms with E-state index in [2.05, 4.69) is 10.6 Å². The molecule has 1 aliphatic heterocycles. The summed E-state index contributed by atoms with van der Waals surface area (Å²) in [5.74, 6) is 0. The van der Waals surface area contributed by atoms with Crippen molar-refractivity contribution in [3.8, 4) is 0 Å². The summed E-state index contributed by atoms with van der Waals surface area (Å²) in [6.07, 6.45) is 7.89. The summed E-state index contributed by atoms with van der Waals surface area (Å²) in [6.45, 7) is 2.53. The van der Waals surface area contributed by atoms with Crippen molar-refractivity contribution in [3.63, 3.8) is 0 Å². The maximum absolute atomic E-state index is 7.31. The predicted molar refractivity (Wildman–Crippen MR) is 51.0 cm³/mol. The molecule has 0 spiro atoms. The molecule has 2 aliphatic rings. The monoisotopic (exact) mass is 169 g/mol. The molecule has 0 unspecified atom stereocenters. The molecular weight excluding hydrogens is 148 g/mol. The van der Waals surface area contributed by atoms with Gasteiger partial charge in [-0.3, -0.25) is 4.90 Å². The van der Waals surface area contributed by atoms with Gasteiger partial charge in [-0.15, -0.1) is 0 Å². The van der Waals surface area contributed by atoms with Crippen molar-refractivity contribution in [2.75, 3.05) is 13.1 Å². The Morgan fingerprint density at radius 2 is 1.83 bits per heavy atom. The van der Waals surface area contributed by atoms with Gasteiger partial charge >= 0.3 is 0 Å². The van der Waals surface area contributed by atoms with Crippen LogP contribution in [-0.2, 0) is 0 Å². The van der Waals surface area contributed by atoms with Crippen LogP contribution >= 0.6 is 0 Å². The van der Waals surface area contributed by atoms with Gasteiger partial charge in [0.05, 0.1) is 0 Å². The van der Waals surface area contributed by atoms with E-state index >= 15 is 0 Å². The van der Waals surface area contributed by atoms with Crippen molar-refractivity contribution in [2.24, 2.45) is 5.73 Å². The van der Waals surface area contributed by atoms with Crippen LogP contribution in [0.15, 0.2) is 0 Å². The summed E-state index contributed by atoms with van der Waals surface area (Å²) < 4.78 is 7.31. The van der Waals surface area contributed by atoms with Gasteiger partial charge < -0.3 is 5.73 Å². The van der Waals surface area contributed by atoms with Gasteiger partial charge in [0.25, 0.3) is 0 Å². The second-order valence-electron chi connectivity index (χ2n) is 4.20. The Kier molecular flexibility index (Phi) is 2.29. The van der Waals surface area contributed by atoms with Crippen LogP contribution in [0.4, 0.5) is 0 Å². The molecule has 2 N–H and O–H groups in total. The smallest absolute Gasteiger partial charge is 0.119 e. The van der Waals surface area contributed by atoms with Crippen molar-refractivity contribution in [1.29, 1.82) is 0 Å². The van der Waals surface area contributed by atoms with E-state index in [1.54, 1.807) is 0 Å². The minimum atomic E-state index is 0.437. The fraction of sp³-hybridized carbons (Fsp3) is 1.00. The van der Waals surface area contributed by atoms with Gasteiger partial charge in [-0.1, -0.05) is 12.8 Å². The first-order valence-electron chi connectivity index (χ1n) is 5.83. The zero-order chi connectivity index (χ0) is 9.10. The minimum absolute atomic E-state index is 0.437. The van der Waals surface area contributed by atoms with E-state index in [0.29, 0.717) is 12.1 Å².